The van der Waals surface area contributed by atoms with Crippen LogP contribution in [0.3, 0.4) is 0 Å². The molecule has 2 aromatic carbocycles. The molecule has 0 aliphatic rings. The first kappa shape index (κ1) is 20.0. The molecule has 0 saturated heterocycles. The number of nitrogens with one attached hydrogen (secondary N) is 1. The molecule has 26 heavy (non-hydrogen) atoms. The average molecular weight is 375 g/mol. The van der Waals surface area contributed by atoms with Crippen LogP contribution in [0.2, 0.25) is 0 Å². The van der Waals surface area contributed by atoms with Gasteiger partial charge in [-0.2, -0.15) is 0 Å². The second kappa shape index (κ2) is 8.36. The van der Waals surface area contributed by atoms with Gasteiger partial charge >= 0.3 is 0 Å². The third-order valence-corrected chi connectivity index (χ3v) is 5.95. The molecule has 6 heteroatoms. The molecule has 2 aromatic rings. The molecule has 0 aliphatic carbocycles. The van der Waals surface area contributed by atoms with Crippen molar-refractivity contribution in [2.75, 3.05) is 29.1 Å². The minimum absolute atomic E-state index is 0.159. The van der Waals surface area contributed by atoms with Crippen LogP contribution in [0, 0.1) is 13.8 Å². The fourth-order valence-corrected chi connectivity index (χ4v) is 3.90. The molecule has 2 rings (SSSR count). The summed E-state index contributed by atoms with van der Waals surface area (Å²) in [6, 6.07) is 12.3. The van der Waals surface area contributed by atoms with Gasteiger partial charge in [0.15, 0.2) is 9.84 Å². The molecule has 1 amide bonds. The van der Waals surface area contributed by atoms with Crippen molar-refractivity contribution in [3.63, 3.8) is 0 Å². The summed E-state index contributed by atoms with van der Waals surface area (Å²) in [5.74, 6) is -1.11. The quantitative estimate of drug-likeness (QED) is 0.805. The molecule has 140 valence electrons. The maximum absolute atomic E-state index is 12.4. The Hall–Kier alpha value is -2.34. The van der Waals surface area contributed by atoms with Crippen molar-refractivity contribution < 1.29 is 13.2 Å². The lowest BCUT2D eigenvalue weighted by molar-refractivity contribution is -0.113. The van der Waals surface area contributed by atoms with E-state index >= 15 is 0 Å². The van der Waals surface area contributed by atoms with Crippen molar-refractivity contribution >= 4 is 27.1 Å². The molecule has 0 heterocycles. The van der Waals surface area contributed by atoms with Crippen LogP contribution in [0.5, 0.6) is 0 Å². The van der Waals surface area contributed by atoms with Crippen LogP contribution in [0.4, 0.5) is 11.4 Å². The summed E-state index contributed by atoms with van der Waals surface area (Å²) in [7, 11) is -3.66. The monoisotopic (exact) mass is 374 g/mol. The smallest absolute Gasteiger partial charge is 0.239 e. The van der Waals surface area contributed by atoms with Gasteiger partial charge in [-0.15, -0.1) is 0 Å². The third kappa shape index (κ3) is 4.85. The van der Waals surface area contributed by atoms with E-state index in [1.54, 1.807) is 12.1 Å². The number of nitrogens with zero attached hydrogens (tertiary/aromatic N) is 1. The molecule has 0 aliphatic heterocycles. The first-order chi connectivity index (χ1) is 12.3. The molecule has 0 saturated carbocycles. The van der Waals surface area contributed by atoms with E-state index < -0.39 is 21.5 Å². The molecule has 0 unspecified atom stereocenters. The zero-order chi connectivity index (χ0) is 19.3. The summed E-state index contributed by atoms with van der Waals surface area (Å²) >= 11 is 0. The van der Waals surface area contributed by atoms with Crippen LogP contribution in [0.1, 0.15) is 25.0 Å². The molecule has 0 bridgehead atoms. The van der Waals surface area contributed by atoms with Gasteiger partial charge in [0, 0.05) is 24.5 Å². The maximum atomic E-state index is 12.4. The first-order valence-electron chi connectivity index (χ1n) is 8.71. The fourth-order valence-electron chi connectivity index (χ4n) is 2.76. The highest BCUT2D eigenvalue weighted by atomic mass is 32.2. The van der Waals surface area contributed by atoms with Gasteiger partial charge in [-0.1, -0.05) is 17.7 Å². The molecular formula is C20H26N2O3S. The zero-order valence-electron chi connectivity index (χ0n) is 15.7. The third-order valence-electron chi connectivity index (χ3n) is 4.31. The lowest BCUT2D eigenvalue weighted by atomic mass is 10.1. The van der Waals surface area contributed by atoms with Crippen LogP contribution in [-0.2, 0) is 14.6 Å². The Kier molecular flexibility index (Phi) is 6.42. The van der Waals surface area contributed by atoms with Gasteiger partial charge < -0.3 is 10.2 Å². The second-order valence-corrected chi connectivity index (χ2v) is 8.28. The summed E-state index contributed by atoms with van der Waals surface area (Å²) in [5, 5.41) is 2.71. The number of rotatable bonds is 7. The van der Waals surface area contributed by atoms with E-state index in [9.17, 15) is 13.2 Å². The van der Waals surface area contributed by atoms with Gasteiger partial charge in [0.2, 0.25) is 5.91 Å². The summed E-state index contributed by atoms with van der Waals surface area (Å²) in [6.07, 6.45) is 0. The highest BCUT2D eigenvalue weighted by molar-refractivity contribution is 7.92. The summed E-state index contributed by atoms with van der Waals surface area (Å²) in [6.45, 7) is 9.76. The van der Waals surface area contributed by atoms with Crippen molar-refractivity contribution in [1.82, 2.24) is 0 Å². The zero-order valence-corrected chi connectivity index (χ0v) is 16.6. The molecular weight excluding hydrogens is 348 g/mol. The molecule has 0 aromatic heterocycles. The van der Waals surface area contributed by atoms with Crippen LogP contribution >= 0.6 is 0 Å². The van der Waals surface area contributed by atoms with Crippen molar-refractivity contribution in [2.24, 2.45) is 0 Å². The minimum atomic E-state index is -3.66. The molecule has 0 atom stereocenters. The van der Waals surface area contributed by atoms with E-state index in [1.165, 1.54) is 12.1 Å². The number of hydrogen-bond acceptors (Lipinski definition) is 4. The Morgan fingerprint density at radius 2 is 1.62 bits per heavy atom. The highest BCUT2D eigenvalue weighted by Crippen LogP contribution is 2.23. The van der Waals surface area contributed by atoms with Crippen LogP contribution in [0.25, 0.3) is 0 Å². The topological polar surface area (TPSA) is 66.5 Å². The number of aryl methyl sites for hydroxylation is 2. The van der Waals surface area contributed by atoms with Crippen molar-refractivity contribution in [2.45, 2.75) is 32.6 Å². The van der Waals surface area contributed by atoms with E-state index in [4.69, 9.17) is 0 Å². The van der Waals surface area contributed by atoms with E-state index in [0.29, 0.717) is 5.69 Å². The van der Waals surface area contributed by atoms with Crippen LogP contribution in [0.15, 0.2) is 47.4 Å². The molecule has 0 fully saturated rings. The molecule has 0 spiro atoms. The number of sulfone groups is 1. The van der Waals surface area contributed by atoms with Gasteiger partial charge in [-0.3, -0.25) is 4.79 Å². The van der Waals surface area contributed by atoms with E-state index in [1.807, 2.05) is 32.0 Å². The van der Waals surface area contributed by atoms with Gasteiger partial charge in [-0.25, -0.2) is 8.42 Å². The first-order valence-corrected chi connectivity index (χ1v) is 10.4. The SMILES string of the molecule is CCN(CC)c1ccc(NC(=O)CS(=O)(=O)c2ccc(C)cc2)c(C)c1. The second-order valence-electron chi connectivity index (χ2n) is 6.29. The summed E-state index contributed by atoms with van der Waals surface area (Å²) in [5.41, 5.74) is 3.58. The highest BCUT2D eigenvalue weighted by Gasteiger charge is 2.19. The lowest BCUT2D eigenvalue weighted by Gasteiger charge is -2.22. The van der Waals surface area contributed by atoms with Gasteiger partial charge in [0.05, 0.1) is 4.90 Å². The van der Waals surface area contributed by atoms with Gasteiger partial charge in [0.25, 0.3) is 0 Å². The van der Waals surface area contributed by atoms with Crippen molar-refractivity contribution in [3.05, 3.63) is 53.6 Å². The molecule has 0 radical (unpaired) electrons. The van der Waals surface area contributed by atoms with Crippen LogP contribution in [-0.4, -0.2) is 33.2 Å². The predicted molar refractivity (Wildman–Crippen MR) is 107 cm³/mol. The maximum Gasteiger partial charge on any atom is 0.239 e. The van der Waals surface area contributed by atoms with E-state index in [-0.39, 0.29) is 4.90 Å². The Bertz CT molecular complexity index is 870. The van der Waals surface area contributed by atoms with Gasteiger partial charge in [-0.05, 0) is 63.6 Å². The van der Waals surface area contributed by atoms with Crippen LogP contribution < -0.4 is 10.2 Å². The Balaban J connectivity index is 2.11. The standard InChI is InChI=1S/C20H26N2O3S/c1-5-22(6-2)17-9-12-19(16(4)13-17)21-20(23)14-26(24,25)18-10-7-15(3)8-11-18/h7-13H,5-6,14H2,1-4H3,(H,21,23). The Morgan fingerprint density at radius 3 is 2.15 bits per heavy atom. The van der Waals surface area contributed by atoms with Crippen molar-refractivity contribution in [3.8, 4) is 0 Å². The molecule has 5 nitrogen and oxygen atoms in total. The Labute approximate surface area is 156 Å². The number of anilines is 2. The molecule has 1 N–H and O–H groups in total. The predicted octanol–water partition coefficient (Wildman–Crippen LogP) is 3.56. The normalized spacial score (nSPS) is 11.2. The van der Waals surface area contributed by atoms with E-state index in [2.05, 4.69) is 24.1 Å². The van der Waals surface area contributed by atoms with Crippen molar-refractivity contribution in [1.29, 1.82) is 0 Å². The van der Waals surface area contributed by atoms with Gasteiger partial charge in [0.1, 0.15) is 5.75 Å². The number of carbonyl (C=O) groups is 1. The largest absolute Gasteiger partial charge is 0.372 e. The average Bonchev–Trinajstić information content (AvgIpc) is 2.58. The number of carbonyl (C=O) groups excluding carboxylic acids is 1. The fraction of sp³-hybridized carbons (Fsp3) is 0.350. The Morgan fingerprint density at radius 1 is 1.00 bits per heavy atom. The van der Waals surface area contributed by atoms with E-state index in [0.717, 1.165) is 29.9 Å². The lowest BCUT2D eigenvalue weighted by Crippen LogP contribution is -2.24. The minimum Gasteiger partial charge on any atom is -0.372 e. The number of hydrogen-bond donors (Lipinski definition) is 1. The number of amides is 1. The number of benzene rings is 2. The summed E-state index contributed by atoms with van der Waals surface area (Å²) in [4.78, 5) is 14.6. The summed E-state index contributed by atoms with van der Waals surface area (Å²) < 4.78 is 24.8.